The molecule has 2 heteroatoms. The standard InChI is InChI=1S/C15H29NO/c1-12(2)14(3)10-16-11-15(4,17-14)13-8-6-5-7-9-13/h12-13,16H,5-11H2,1-4H3. The van der Waals surface area contributed by atoms with Gasteiger partial charge in [-0.15, -0.1) is 0 Å². The van der Waals surface area contributed by atoms with Crippen LogP contribution in [0.5, 0.6) is 0 Å². The summed E-state index contributed by atoms with van der Waals surface area (Å²) in [5.74, 6) is 1.32. The molecule has 2 unspecified atom stereocenters. The molecule has 0 aromatic carbocycles. The third-order valence-corrected chi connectivity index (χ3v) is 5.11. The first-order valence-corrected chi connectivity index (χ1v) is 7.37. The van der Waals surface area contributed by atoms with E-state index in [9.17, 15) is 0 Å². The Hall–Kier alpha value is -0.0800. The van der Waals surface area contributed by atoms with Gasteiger partial charge in [0.15, 0.2) is 0 Å². The van der Waals surface area contributed by atoms with E-state index in [0.717, 1.165) is 19.0 Å². The van der Waals surface area contributed by atoms with Crippen molar-refractivity contribution in [2.75, 3.05) is 13.1 Å². The number of morpholine rings is 1. The molecule has 100 valence electrons. The lowest BCUT2D eigenvalue weighted by Crippen LogP contribution is -2.62. The van der Waals surface area contributed by atoms with E-state index in [4.69, 9.17) is 4.74 Å². The Kier molecular flexibility index (Phi) is 3.84. The summed E-state index contributed by atoms with van der Waals surface area (Å²) in [5, 5.41) is 3.62. The van der Waals surface area contributed by atoms with E-state index < -0.39 is 0 Å². The minimum absolute atomic E-state index is 0.00441. The molecule has 0 bridgehead atoms. The van der Waals surface area contributed by atoms with Gasteiger partial charge in [-0.05, 0) is 38.5 Å². The first-order valence-electron chi connectivity index (χ1n) is 7.37. The lowest BCUT2D eigenvalue weighted by atomic mass is 9.75. The van der Waals surface area contributed by atoms with Gasteiger partial charge < -0.3 is 10.1 Å². The Morgan fingerprint density at radius 3 is 2.29 bits per heavy atom. The highest BCUT2D eigenvalue weighted by Crippen LogP contribution is 2.40. The molecule has 2 aliphatic rings. The number of hydrogen-bond acceptors (Lipinski definition) is 2. The first kappa shape index (κ1) is 13.4. The van der Waals surface area contributed by atoms with Crippen LogP contribution in [0, 0.1) is 11.8 Å². The molecule has 0 spiro atoms. The van der Waals surface area contributed by atoms with Crippen LogP contribution < -0.4 is 5.32 Å². The summed E-state index contributed by atoms with van der Waals surface area (Å²) in [4.78, 5) is 0. The van der Waals surface area contributed by atoms with Gasteiger partial charge in [0.25, 0.3) is 0 Å². The largest absolute Gasteiger partial charge is 0.366 e. The summed E-state index contributed by atoms with van der Waals surface area (Å²) < 4.78 is 6.60. The molecule has 1 saturated heterocycles. The lowest BCUT2D eigenvalue weighted by molar-refractivity contribution is -0.206. The van der Waals surface area contributed by atoms with E-state index in [1.54, 1.807) is 0 Å². The summed E-state index contributed by atoms with van der Waals surface area (Å²) in [6.45, 7) is 11.2. The van der Waals surface area contributed by atoms with Crippen molar-refractivity contribution in [1.29, 1.82) is 0 Å². The van der Waals surface area contributed by atoms with Gasteiger partial charge in [-0.25, -0.2) is 0 Å². The van der Waals surface area contributed by atoms with Crippen molar-refractivity contribution >= 4 is 0 Å². The highest BCUT2D eigenvalue weighted by molar-refractivity contribution is 4.97. The van der Waals surface area contributed by atoms with E-state index in [-0.39, 0.29) is 11.2 Å². The van der Waals surface area contributed by atoms with Crippen LogP contribution in [0.4, 0.5) is 0 Å². The van der Waals surface area contributed by atoms with E-state index >= 15 is 0 Å². The lowest BCUT2D eigenvalue weighted by Gasteiger charge is -2.51. The molecule has 2 nitrogen and oxygen atoms in total. The Labute approximate surface area is 107 Å². The third-order valence-electron chi connectivity index (χ3n) is 5.11. The SMILES string of the molecule is CC(C)C1(C)CNCC(C)(C2CCCCC2)O1. The van der Waals surface area contributed by atoms with Crippen molar-refractivity contribution in [1.82, 2.24) is 5.32 Å². The van der Waals surface area contributed by atoms with Crippen LogP contribution in [0.1, 0.15) is 59.8 Å². The average Bonchev–Trinajstić information content (AvgIpc) is 2.30. The van der Waals surface area contributed by atoms with E-state index in [2.05, 4.69) is 33.0 Å². The van der Waals surface area contributed by atoms with Gasteiger partial charge in [-0.2, -0.15) is 0 Å². The molecule has 1 N–H and O–H groups in total. The molecule has 0 aromatic heterocycles. The fourth-order valence-corrected chi connectivity index (χ4v) is 3.43. The molecule has 1 aliphatic carbocycles. The zero-order valence-electron chi connectivity index (χ0n) is 12.0. The summed E-state index contributed by atoms with van der Waals surface area (Å²) in [7, 11) is 0. The fraction of sp³-hybridized carbons (Fsp3) is 1.00. The van der Waals surface area contributed by atoms with E-state index in [1.807, 2.05) is 0 Å². The zero-order chi connectivity index (χ0) is 12.5. The smallest absolute Gasteiger partial charge is 0.0814 e. The molecule has 1 heterocycles. The molecule has 2 atom stereocenters. The van der Waals surface area contributed by atoms with Crippen LogP contribution >= 0.6 is 0 Å². The molecule has 17 heavy (non-hydrogen) atoms. The van der Waals surface area contributed by atoms with Gasteiger partial charge in [0.05, 0.1) is 11.2 Å². The second-order valence-electron chi connectivity index (χ2n) is 6.82. The highest BCUT2D eigenvalue weighted by atomic mass is 16.5. The van der Waals surface area contributed by atoms with Gasteiger partial charge in [0.1, 0.15) is 0 Å². The zero-order valence-corrected chi connectivity index (χ0v) is 12.0. The van der Waals surface area contributed by atoms with Crippen LogP contribution in [0.25, 0.3) is 0 Å². The van der Waals surface area contributed by atoms with Crippen LogP contribution in [0.3, 0.4) is 0 Å². The molecule has 0 aromatic rings. The van der Waals surface area contributed by atoms with Crippen molar-refractivity contribution in [3.05, 3.63) is 0 Å². The van der Waals surface area contributed by atoms with Gasteiger partial charge in [0.2, 0.25) is 0 Å². The van der Waals surface area contributed by atoms with E-state index in [0.29, 0.717) is 5.92 Å². The van der Waals surface area contributed by atoms with Crippen LogP contribution in [0.15, 0.2) is 0 Å². The predicted octanol–water partition coefficient (Wildman–Crippen LogP) is 3.36. The monoisotopic (exact) mass is 239 g/mol. The summed E-state index contributed by atoms with van der Waals surface area (Å²) in [6.07, 6.45) is 6.91. The maximum absolute atomic E-state index is 6.60. The molecule has 0 radical (unpaired) electrons. The van der Waals surface area contributed by atoms with Crippen LogP contribution in [0.2, 0.25) is 0 Å². The quantitative estimate of drug-likeness (QED) is 0.798. The van der Waals surface area contributed by atoms with Gasteiger partial charge >= 0.3 is 0 Å². The van der Waals surface area contributed by atoms with Crippen LogP contribution in [-0.2, 0) is 4.74 Å². The number of hydrogen-bond donors (Lipinski definition) is 1. The van der Waals surface area contributed by atoms with Gasteiger partial charge in [-0.3, -0.25) is 0 Å². The topological polar surface area (TPSA) is 21.3 Å². The van der Waals surface area contributed by atoms with Gasteiger partial charge in [0, 0.05) is 13.1 Å². The maximum atomic E-state index is 6.60. The number of ether oxygens (including phenoxy) is 1. The Bertz CT molecular complexity index is 260. The highest BCUT2D eigenvalue weighted by Gasteiger charge is 2.46. The fourth-order valence-electron chi connectivity index (χ4n) is 3.43. The minimum atomic E-state index is 0.00441. The Morgan fingerprint density at radius 2 is 1.71 bits per heavy atom. The number of rotatable bonds is 2. The molecule has 1 aliphatic heterocycles. The third kappa shape index (κ3) is 2.68. The van der Waals surface area contributed by atoms with Crippen molar-refractivity contribution in [3.63, 3.8) is 0 Å². The summed E-state index contributed by atoms with van der Waals surface area (Å²) >= 11 is 0. The maximum Gasteiger partial charge on any atom is 0.0814 e. The van der Waals surface area contributed by atoms with Gasteiger partial charge in [-0.1, -0.05) is 33.1 Å². The summed E-state index contributed by atoms with van der Waals surface area (Å²) in [5.41, 5.74) is 0.0577. The van der Waals surface area contributed by atoms with Crippen molar-refractivity contribution in [2.24, 2.45) is 11.8 Å². The second kappa shape index (κ2) is 4.89. The minimum Gasteiger partial charge on any atom is -0.366 e. The van der Waals surface area contributed by atoms with Crippen molar-refractivity contribution < 1.29 is 4.74 Å². The predicted molar refractivity (Wildman–Crippen MR) is 72.2 cm³/mol. The molecule has 2 fully saturated rings. The molecule has 0 amide bonds. The average molecular weight is 239 g/mol. The summed E-state index contributed by atoms with van der Waals surface area (Å²) in [6, 6.07) is 0. The van der Waals surface area contributed by atoms with Crippen molar-refractivity contribution in [2.45, 2.75) is 71.0 Å². The van der Waals surface area contributed by atoms with Crippen molar-refractivity contribution in [3.8, 4) is 0 Å². The van der Waals surface area contributed by atoms with E-state index in [1.165, 1.54) is 32.1 Å². The Morgan fingerprint density at radius 1 is 1.06 bits per heavy atom. The van der Waals surface area contributed by atoms with Crippen LogP contribution in [-0.4, -0.2) is 24.3 Å². The molecular formula is C15H29NO. The molecular weight excluding hydrogens is 210 g/mol. The second-order valence-corrected chi connectivity index (χ2v) is 6.82. The molecule has 1 saturated carbocycles. The molecule has 2 rings (SSSR count). The first-order chi connectivity index (χ1) is 7.96. The number of nitrogens with one attached hydrogen (secondary N) is 1. The normalized spacial score (nSPS) is 40.8. The Balaban J connectivity index is 2.08.